The molecule has 3 aromatic rings. The first kappa shape index (κ1) is 18.1. The van der Waals surface area contributed by atoms with Gasteiger partial charge in [-0.3, -0.25) is 10.2 Å². The first-order valence-electron chi connectivity index (χ1n) is 10.4. The van der Waals surface area contributed by atoms with Crippen LogP contribution < -0.4 is 16.8 Å². The lowest BCUT2D eigenvalue weighted by atomic mass is 9.62. The fourth-order valence-corrected chi connectivity index (χ4v) is 5.34. The largest absolute Gasteiger partial charge is 0.293 e. The normalized spacial score (nSPS) is 16.9. The number of nitrogens with one attached hydrogen (secondary N) is 1. The SMILES string of the molecule is Cc1ccccc1-n1c(NN)nc2c(c1=O)C1(CCCCC1)Cc1ccccc1-2. The fourth-order valence-electron chi connectivity index (χ4n) is 5.34. The molecule has 1 saturated carbocycles. The van der Waals surface area contributed by atoms with Gasteiger partial charge in [-0.2, -0.15) is 0 Å². The summed E-state index contributed by atoms with van der Waals surface area (Å²) in [5.41, 5.74) is 8.42. The summed E-state index contributed by atoms with van der Waals surface area (Å²) in [6, 6.07) is 16.2. The maximum absolute atomic E-state index is 14.1. The van der Waals surface area contributed by atoms with Crippen LogP contribution in [0.3, 0.4) is 0 Å². The maximum atomic E-state index is 14.1. The van der Waals surface area contributed by atoms with Crippen molar-refractivity contribution in [1.82, 2.24) is 9.55 Å². The lowest BCUT2D eigenvalue weighted by molar-refractivity contribution is 0.284. The number of aromatic nitrogens is 2. The zero-order valence-electron chi connectivity index (χ0n) is 16.7. The van der Waals surface area contributed by atoms with Gasteiger partial charge in [0.2, 0.25) is 5.95 Å². The Morgan fingerprint density at radius 2 is 1.76 bits per heavy atom. The van der Waals surface area contributed by atoms with Gasteiger partial charge in [-0.05, 0) is 43.4 Å². The number of aryl methyl sites for hydroxylation is 1. The lowest BCUT2D eigenvalue weighted by Gasteiger charge is -2.42. The van der Waals surface area contributed by atoms with Crippen molar-refractivity contribution in [2.75, 3.05) is 5.43 Å². The summed E-state index contributed by atoms with van der Waals surface area (Å²) in [4.78, 5) is 19.0. The van der Waals surface area contributed by atoms with E-state index in [-0.39, 0.29) is 11.0 Å². The number of hydrazine groups is 1. The second-order valence-corrected chi connectivity index (χ2v) is 8.41. The molecule has 2 aliphatic rings. The lowest BCUT2D eigenvalue weighted by Crippen LogP contribution is -2.43. The van der Waals surface area contributed by atoms with Crippen molar-refractivity contribution in [3.05, 3.63) is 75.6 Å². The minimum absolute atomic E-state index is 0.00801. The van der Waals surface area contributed by atoms with Gasteiger partial charge in [0.1, 0.15) is 0 Å². The molecular weight excluding hydrogens is 360 g/mol. The minimum Gasteiger partial charge on any atom is -0.293 e. The Bertz CT molecular complexity index is 1140. The predicted molar refractivity (Wildman–Crippen MR) is 116 cm³/mol. The molecule has 2 aliphatic carbocycles. The molecule has 0 amide bonds. The molecule has 1 heterocycles. The van der Waals surface area contributed by atoms with Crippen LogP contribution in [0, 0.1) is 6.92 Å². The summed E-state index contributed by atoms with van der Waals surface area (Å²) < 4.78 is 1.67. The molecule has 0 radical (unpaired) electrons. The number of benzene rings is 2. The highest BCUT2D eigenvalue weighted by atomic mass is 16.1. The van der Waals surface area contributed by atoms with Crippen LogP contribution in [-0.4, -0.2) is 9.55 Å². The van der Waals surface area contributed by atoms with Gasteiger partial charge in [0.05, 0.1) is 16.9 Å². The first-order chi connectivity index (χ1) is 14.1. The highest BCUT2D eigenvalue weighted by molar-refractivity contribution is 5.73. The molecular formula is C24H26N4O. The highest BCUT2D eigenvalue weighted by Crippen LogP contribution is 2.48. The molecule has 5 nitrogen and oxygen atoms in total. The number of para-hydroxylation sites is 1. The molecule has 29 heavy (non-hydrogen) atoms. The van der Waals surface area contributed by atoms with Crippen molar-refractivity contribution in [1.29, 1.82) is 0 Å². The van der Waals surface area contributed by atoms with E-state index in [0.29, 0.717) is 5.95 Å². The van der Waals surface area contributed by atoms with Gasteiger partial charge in [-0.1, -0.05) is 61.7 Å². The van der Waals surface area contributed by atoms with E-state index < -0.39 is 0 Å². The number of nitrogens with zero attached hydrogens (tertiary/aromatic N) is 2. The Hall–Kier alpha value is -2.92. The molecule has 5 rings (SSSR count). The van der Waals surface area contributed by atoms with Crippen LogP contribution in [0.5, 0.6) is 0 Å². The molecule has 0 saturated heterocycles. The van der Waals surface area contributed by atoms with E-state index in [0.717, 1.165) is 60.2 Å². The van der Waals surface area contributed by atoms with Crippen LogP contribution in [0.2, 0.25) is 0 Å². The Labute approximate surface area is 170 Å². The summed E-state index contributed by atoms with van der Waals surface area (Å²) in [6.07, 6.45) is 6.53. The zero-order valence-corrected chi connectivity index (χ0v) is 16.7. The zero-order chi connectivity index (χ0) is 20.0. The van der Waals surface area contributed by atoms with E-state index in [1.54, 1.807) is 4.57 Å². The average molecular weight is 386 g/mol. The smallest absolute Gasteiger partial charge is 0.263 e. The molecule has 0 atom stereocenters. The summed E-state index contributed by atoms with van der Waals surface area (Å²) in [6.45, 7) is 2.01. The number of fused-ring (bicyclic) bond motifs is 4. The van der Waals surface area contributed by atoms with Gasteiger partial charge >= 0.3 is 0 Å². The molecule has 2 aromatic carbocycles. The van der Waals surface area contributed by atoms with Crippen LogP contribution in [-0.2, 0) is 11.8 Å². The van der Waals surface area contributed by atoms with E-state index in [4.69, 9.17) is 10.8 Å². The molecule has 148 valence electrons. The summed E-state index contributed by atoms with van der Waals surface area (Å²) >= 11 is 0. The van der Waals surface area contributed by atoms with Gasteiger partial charge in [-0.15, -0.1) is 0 Å². The van der Waals surface area contributed by atoms with Crippen LogP contribution in [0.4, 0.5) is 5.95 Å². The van der Waals surface area contributed by atoms with Gasteiger partial charge in [-0.25, -0.2) is 15.4 Å². The van der Waals surface area contributed by atoms with Crippen LogP contribution >= 0.6 is 0 Å². The minimum atomic E-state index is -0.135. The molecule has 5 heteroatoms. The topological polar surface area (TPSA) is 72.9 Å². The summed E-state index contributed by atoms with van der Waals surface area (Å²) in [7, 11) is 0. The summed E-state index contributed by atoms with van der Waals surface area (Å²) in [5.74, 6) is 6.24. The Morgan fingerprint density at radius 3 is 2.52 bits per heavy atom. The third-order valence-electron chi connectivity index (χ3n) is 6.71. The van der Waals surface area contributed by atoms with Crippen molar-refractivity contribution in [3.8, 4) is 16.9 Å². The van der Waals surface area contributed by atoms with Crippen molar-refractivity contribution in [3.63, 3.8) is 0 Å². The van der Waals surface area contributed by atoms with E-state index in [2.05, 4.69) is 23.6 Å². The molecule has 0 bridgehead atoms. The number of nitrogens with two attached hydrogens (primary N) is 1. The number of nitrogen functional groups attached to an aromatic ring is 1. The molecule has 1 fully saturated rings. The van der Waals surface area contributed by atoms with Gasteiger partial charge in [0, 0.05) is 11.0 Å². The van der Waals surface area contributed by atoms with Gasteiger partial charge in [0.15, 0.2) is 0 Å². The van der Waals surface area contributed by atoms with E-state index >= 15 is 0 Å². The fraction of sp³-hybridized carbons (Fsp3) is 0.333. The molecule has 3 N–H and O–H groups in total. The Morgan fingerprint density at radius 1 is 1.03 bits per heavy atom. The maximum Gasteiger partial charge on any atom is 0.263 e. The third kappa shape index (κ3) is 2.72. The predicted octanol–water partition coefficient (Wildman–Crippen LogP) is 4.25. The van der Waals surface area contributed by atoms with E-state index in [9.17, 15) is 4.79 Å². The standard InChI is InChI=1S/C24H26N4O/c1-16-9-3-6-12-19(16)28-22(29)20-21(26-23(28)27-25)18-11-5-4-10-17(18)15-24(20)13-7-2-8-14-24/h3-6,9-12H,2,7-8,13-15,25H2,1H3,(H,26,27). The number of hydrogen-bond acceptors (Lipinski definition) is 4. The molecule has 1 spiro atoms. The second-order valence-electron chi connectivity index (χ2n) is 8.41. The van der Waals surface area contributed by atoms with Crippen molar-refractivity contribution in [2.24, 2.45) is 5.84 Å². The quantitative estimate of drug-likeness (QED) is 0.510. The number of hydrogen-bond donors (Lipinski definition) is 2. The number of anilines is 1. The van der Waals surface area contributed by atoms with E-state index in [1.165, 1.54) is 12.0 Å². The van der Waals surface area contributed by atoms with Gasteiger partial charge in [0.25, 0.3) is 5.56 Å². The molecule has 0 aliphatic heterocycles. The van der Waals surface area contributed by atoms with Crippen LogP contribution in [0.25, 0.3) is 16.9 Å². The average Bonchev–Trinajstić information content (AvgIpc) is 2.74. The first-order valence-corrected chi connectivity index (χ1v) is 10.4. The third-order valence-corrected chi connectivity index (χ3v) is 6.71. The Balaban J connectivity index is 1.87. The highest BCUT2D eigenvalue weighted by Gasteiger charge is 2.43. The van der Waals surface area contributed by atoms with Crippen LogP contribution in [0.1, 0.15) is 48.8 Å². The number of rotatable bonds is 2. The van der Waals surface area contributed by atoms with Crippen molar-refractivity contribution >= 4 is 5.95 Å². The Kier molecular flexibility index (Phi) is 4.28. The second kappa shape index (κ2) is 6.85. The molecule has 0 unspecified atom stereocenters. The van der Waals surface area contributed by atoms with Gasteiger partial charge < -0.3 is 0 Å². The van der Waals surface area contributed by atoms with Crippen LogP contribution in [0.15, 0.2) is 53.3 Å². The molecule has 1 aromatic heterocycles. The van der Waals surface area contributed by atoms with E-state index in [1.807, 2.05) is 37.3 Å². The monoisotopic (exact) mass is 386 g/mol. The van der Waals surface area contributed by atoms with Crippen molar-refractivity contribution in [2.45, 2.75) is 50.9 Å². The van der Waals surface area contributed by atoms with Crippen molar-refractivity contribution < 1.29 is 0 Å². The summed E-state index contributed by atoms with van der Waals surface area (Å²) in [5, 5.41) is 0.